The summed E-state index contributed by atoms with van der Waals surface area (Å²) in [7, 11) is 0. The van der Waals surface area contributed by atoms with Gasteiger partial charge in [0.05, 0.1) is 0 Å². The first kappa shape index (κ1) is 78.1. The molecule has 1 atom stereocenters. The van der Waals surface area contributed by atoms with Gasteiger partial charge in [-0.25, -0.2) is 0 Å². The van der Waals surface area contributed by atoms with E-state index in [4.69, 9.17) is 14.2 Å². The zero-order valence-corrected chi connectivity index (χ0v) is 54.3. The van der Waals surface area contributed by atoms with Crippen LogP contribution in [0.15, 0.2) is 60.8 Å². The van der Waals surface area contributed by atoms with Crippen LogP contribution in [0.4, 0.5) is 0 Å². The minimum Gasteiger partial charge on any atom is -0.462 e. The fraction of sp³-hybridized carbons (Fsp3) is 0.827. The molecule has 0 spiro atoms. The number of esters is 3. The Labute approximate surface area is 504 Å². The molecule has 0 saturated heterocycles. The Morgan fingerprint density at radius 3 is 0.704 bits per heavy atom. The third kappa shape index (κ3) is 67.8. The number of carbonyl (C=O) groups excluding carboxylic acids is 3. The number of hydrogen-bond acceptors (Lipinski definition) is 6. The SMILES string of the molecule is CCCCCC/C=C\C/C=C\CCCCCCCC(=O)OCC(COC(=O)CCCCCCCCCCCCCCCCCCCCCCCCCCCC)OC(=O)CCCCCCCC/C=C\C/C=C\C/C=C\CCCCCCC. The first-order valence-electron chi connectivity index (χ1n) is 35.8. The molecule has 0 N–H and O–H groups in total. The van der Waals surface area contributed by atoms with Crippen molar-refractivity contribution in [2.75, 3.05) is 13.2 Å². The standard InChI is InChI=1S/C75H136O6/c1-4-7-10-13-16-19-22-25-28-31-33-35-36-37-38-39-41-42-44-47-50-53-56-59-62-65-68-74(77)80-71-72(70-79-73(76)67-64-61-58-55-52-49-46-30-27-24-21-18-15-12-9-6-3)81-75(78)69-66-63-60-57-54-51-48-45-43-40-34-32-29-26-23-20-17-14-11-8-5-2/h21,23-24,26,30,32,34,43,45-46,72H,4-20,22,25,27-29,31,33,35-42,44,47-71H2,1-3H3/b24-21-,26-23-,34-32-,45-43-,46-30-. The Hall–Kier alpha value is -2.89. The molecule has 0 fully saturated rings. The van der Waals surface area contributed by atoms with Crippen molar-refractivity contribution in [3.8, 4) is 0 Å². The van der Waals surface area contributed by atoms with E-state index in [-0.39, 0.29) is 31.1 Å². The van der Waals surface area contributed by atoms with Gasteiger partial charge in [-0.05, 0) is 89.9 Å². The van der Waals surface area contributed by atoms with Crippen LogP contribution in [0.25, 0.3) is 0 Å². The van der Waals surface area contributed by atoms with Gasteiger partial charge in [-0.2, -0.15) is 0 Å². The third-order valence-electron chi connectivity index (χ3n) is 16.0. The maximum absolute atomic E-state index is 13.0. The lowest BCUT2D eigenvalue weighted by Gasteiger charge is -2.18. The second-order valence-corrected chi connectivity index (χ2v) is 24.1. The summed E-state index contributed by atoms with van der Waals surface area (Å²) in [5, 5.41) is 0. The van der Waals surface area contributed by atoms with E-state index < -0.39 is 6.10 Å². The molecule has 0 saturated carbocycles. The van der Waals surface area contributed by atoms with Gasteiger partial charge in [0, 0.05) is 19.3 Å². The van der Waals surface area contributed by atoms with Crippen LogP contribution >= 0.6 is 0 Å². The molecule has 1 unspecified atom stereocenters. The van der Waals surface area contributed by atoms with E-state index in [0.717, 1.165) is 103 Å². The fourth-order valence-electron chi connectivity index (χ4n) is 10.6. The molecule has 0 aliphatic rings. The molecule has 0 radical (unpaired) electrons. The van der Waals surface area contributed by atoms with Gasteiger partial charge in [-0.3, -0.25) is 14.4 Å². The Bertz CT molecular complexity index is 1440. The lowest BCUT2D eigenvalue weighted by atomic mass is 10.0. The average molecular weight is 1130 g/mol. The molecule has 0 heterocycles. The van der Waals surface area contributed by atoms with Crippen LogP contribution in [0.3, 0.4) is 0 Å². The predicted molar refractivity (Wildman–Crippen MR) is 353 cm³/mol. The summed E-state index contributed by atoms with van der Waals surface area (Å²) in [4.78, 5) is 38.5. The first-order chi connectivity index (χ1) is 40.0. The molecule has 6 heteroatoms. The van der Waals surface area contributed by atoms with E-state index >= 15 is 0 Å². The molecule has 6 nitrogen and oxygen atoms in total. The average Bonchev–Trinajstić information content (AvgIpc) is 3.47. The minimum atomic E-state index is -0.788. The number of unbranched alkanes of at least 4 members (excludes halogenated alkanes) is 45. The van der Waals surface area contributed by atoms with Gasteiger partial charge in [0.15, 0.2) is 6.10 Å². The van der Waals surface area contributed by atoms with Crippen molar-refractivity contribution in [3.63, 3.8) is 0 Å². The number of hydrogen-bond donors (Lipinski definition) is 0. The Balaban J connectivity index is 4.32. The van der Waals surface area contributed by atoms with Gasteiger partial charge in [-0.1, -0.05) is 332 Å². The van der Waals surface area contributed by atoms with E-state index in [1.165, 1.54) is 238 Å². The summed E-state index contributed by atoms with van der Waals surface area (Å²) in [6, 6.07) is 0. The van der Waals surface area contributed by atoms with Gasteiger partial charge in [-0.15, -0.1) is 0 Å². The quantitative estimate of drug-likeness (QED) is 0.0261. The van der Waals surface area contributed by atoms with Crippen molar-refractivity contribution in [3.05, 3.63) is 60.8 Å². The highest BCUT2D eigenvalue weighted by molar-refractivity contribution is 5.71. The molecule has 0 aromatic heterocycles. The van der Waals surface area contributed by atoms with Crippen molar-refractivity contribution in [2.24, 2.45) is 0 Å². The summed E-state index contributed by atoms with van der Waals surface area (Å²) in [5.74, 6) is -0.884. The maximum atomic E-state index is 13.0. The van der Waals surface area contributed by atoms with E-state index in [9.17, 15) is 14.4 Å². The summed E-state index contributed by atoms with van der Waals surface area (Å²) in [6.45, 7) is 6.65. The van der Waals surface area contributed by atoms with Crippen LogP contribution in [0.2, 0.25) is 0 Å². The molecular weight excluding hydrogens is 997 g/mol. The van der Waals surface area contributed by atoms with Gasteiger partial charge < -0.3 is 14.2 Å². The van der Waals surface area contributed by atoms with Crippen molar-refractivity contribution >= 4 is 17.9 Å². The zero-order valence-electron chi connectivity index (χ0n) is 54.3. The molecule has 0 aromatic carbocycles. The fourth-order valence-corrected chi connectivity index (χ4v) is 10.6. The maximum Gasteiger partial charge on any atom is 0.306 e. The highest BCUT2D eigenvalue weighted by atomic mass is 16.6. The van der Waals surface area contributed by atoms with Crippen molar-refractivity contribution < 1.29 is 28.6 Å². The minimum absolute atomic E-state index is 0.0809. The van der Waals surface area contributed by atoms with Crippen molar-refractivity contribution in [1.29, 1.82) is 0 Å². The number of allylic oxidation sites excluding steroid dienone is 10. The van der Waals surface area contributed by atoms with Crippen LogP contribution in [-0.2, 0) is 28.6 Å². The number of carbonyl (C=O) groups is 3. The Morgan fingerprint density at radius 1 is 0.247 bits per heavy atom. The van der Waals surface area contributed by atoms with Crippen LogP contribution < -0.4 is 0 Å². The van der Waals surface area contributed by atoms with Crippen LogP contribution in [0, 0.1) is 0 Å². The molecule has 0 bridgehead atoms. The lowest BCUT2D eigenvalue weighted by molar-refractivity contribution is -0.167. The van der Waals surface area contributed by atoms with Crippen molar-refractivity contribution in [2.45, 2.75) is 386 Å². The molecule has 0 aromatic rings. The zero-order chi connectivity index (χ0) is 58.5. The molecule has 0 amide bonds. The lowest BCUT2D eigenvalue weighted by Crippen LogP contribution is -2.30. The molecule has 0 aliphatic carbocycles. The van der Waals surface area contributed by atoms with E-state index in [0.29, 0.717) is 19.3 Å². The van der Waals surface area contributed by atoms with Gasteiger partial charge >= 0.3 is 17.9 Å². The predicted octanol–water partition coefficient (Wildman–Crippen LogP) is 24.7. The number of rotatable bonds is 66. The van der Waals surface area contributed by atoms with Crippen LogP contribution in [0.1, 0.15) is 380 Å². The summed E-state index contributed by atoms with van der Waals surface area (Å²) >= 11 is 0. The first-order valence-corrected chi connectivity index (χ1v) is 35.8. The number of ether oxygens (including phenoxy) is 3. The van der Waals surface area contributed by atoms with Gasteiger partial charge in [0.2, 0.25) is 0 Å². The second kappa shape index (κ2) is 69.6. The second-order valence-electron chi connectivity index (χ2n) is 24.1. The highest BCUT2D eigenvalue weighted by Crippen LogP contribution is 2.18. The van der Waals surface area contributed by atoms with Crippen molar-refractivity contribution in [1.82, 2.24) is 0 Å². The Morgan fingerprint density at radius 2 is 0.444 bits per heavy atom. The molecule has 0 rings (SSSR count). The summed E-state index contributed by atoms with van der Waals surface area (Å²) in [6.07, 6.45) is 89.6. The monoisotopic (exact) mass is 1130 g/mol. The summed E-state index contributed by atoms with van der Waals surface area (Å²) in [5.41, 5.74) is 0. The van der Waals surface area contributed by atoms with Crippen LogP contribution in [0.5, 0.6) is 0 Å². The largest absolute Gasteiger partial charge is 0.462 e. The van der Waals surface area contributed by atoms with E-state index in [2.05, 4.69) is 81.5 Å². The molecule has 472 valence electrons. The molecule has 0 aliphatic heterocycles. The topological polar surface area (TPSA) is 78.9 Å². The van der Waals surface area contributed by atoms with Crippen LogP contribution in [-0.4, -0.2) is 37.2 Å². The molecular formula is C75H136O6. The smallest absolute Gasteiger partial charge is 0.306 e. The highest BCUT2D eigenvalue weighted by Gasteiger charge is 2.19. The Kier molecular flexibility index (Phi) is 67.1. The summed E-state index contributed by atoms with van der Waals surface area (Å²) < 4.78 is 17.0. The van der Waals surface area contributed by atoms with E-state index in [1.807, 2.05) is 0 Å². The molecule has 81 heavy (non-hydrogen) atoms. The normalized spacial score (nSPS) is 12.4. The third-order valence-corrected chi connectivity index (χ3v) is 16.0. The van der Waals surface area contributed by atoms with E-state index in [1.54, 1.807) is 0 Å². The van der Waals surface area contributed by atoms with Gasteiger partial charge in [0.1, 0.15) is 13.2 Å². The van der Waals surface area contributed by atoms with Gasteiger partial charge in [0.25, 0.3) is 0 Å².